The highest BCUT2D eigenvalue weighted by Crippen LogP contribution is 2.37. The van der Waals surface area contributed by atoms with Gasteiger partial charge in [-0.2, -0.15) is 0 Å². The summed E-state index contributed by atoms with van der Waals surface area (Å²) in [6, 6.07) is 4.33. The van der Waals surface area contributed by atoms with E-state index in [9.17, 15) is 9.59 Å². The standard InChI is InChI=1S/C21H25N5O3/c27-20(18-10-22-5-6-23-18)24-17-1-2-19-15-9-14(12-26(19)21(17)28)11-25(13-15)16-3-7-29-8-4-16/h1-2,5-6,10,14-16H,3-4,7-9,11-13H2,(H,24,27)/t14-,15-/m1/s1. The molecule has 2 fully saturated rings. The zero-order valence-electron chi connectivity index (χ0n) is 16.3. The Morgan fingerprint density at radius 3 is 2.79 bits per heavy atom. The maximum absolute atomic E-state index is 13.1. The largest absolute Gasteiger partial charge is 0.381 e. The molecule has 2 aromatic heterocycles. The average molecular weight is 395 g/mol. The lowest BCUT2D eigenvalue weighted by Crippen LogP contribution is -2.51. The summed E-state index contributed by atoms with van der Waals surface area (Å²) in [5, 5.41) is 2.70. The van der Waals surface area contributed by atoms with Crippen LogP contribution in [0.4, 0.5) is 5.69 Å². The topological polar surface area (TPSA) is 89.4 Å². The molecule has 2 atom stereocenters. The van der Waals surface area contributed by atoms with Crippen LogP contribution in [0.3, 0.4) is 0 Å². The summed E-state index contributed by atoms with van der Waals surface area (Å²) < 4.78 is 7.39. The van der Waals surface area contributed by atoms with Crippen LogP contribution in [0.15, 0.2) is 35.5 Å². The number of aromatic nitrogens is 3. The predicted octanol–water partition coefficient (Wildman–Crippen LogP) is 1.49. The minimum Gasteiger partial charge on any atom is -0.381 e. The number of pyridine rings is 1. The third-order valence-electron chi connectivity index (χ3n) is 6.38. The minimum atomic E-state index is -0.419. The summed E-state index contributed by atoms with van der Waals surface area (Å²) in [4.78, 5) is 36.0. The second-order valence-electron chi connectivity index (χ2n) is 8.23. The monoisotopic (exact) mass is 395 g/mol. The van der Waals surface area contributed by atoms with Crippen molar-refractivity contribution in [2.75, 3.05) is 31.6 Å². The molecule has 0 spiro atoms. The average Bonchev–Trinajstić information content (AvgIpc) is 2.77. The SMILES string of the molecule is O=C(Nc1ccc2n(c1=O)C[C@@H]1C[C@@H]2CN(C2CCOCC2)C1)c1cnccn1. The van der Waals surface area contributed by atoms with Crippen molar-refractivity contribution in [2.24, 2.45) is 5.92 Å². The van der Waals surface area contributed by atoms with Crippen LogP contribution in [0.25, 0.3) is 0 Å². The number of anilines is 1. The molecule has 2 bridgehead atoms. The van der Waals surface area contributed by atoms with E-state index in [1.165, 1.54) is 18.6 Å². The molecule has 5 heterocycles. The van der Waals surface area contributed by atoms with E-state index in [0.717, 1.165) is 51.3 Å². The normalized spacial score (nSPS) is 24.7. The molecule has 3 aliphatic heterocycles. The zero-order valence-corrected chi connectivity index (χ0v) is 16.3. The highest BCUT2D eigenvalue weighted by atomic mass is 16.5. The smallest absolute Gasteiger partial charge is 0.276 e. The molecule has 0 aromatic carbocycles. The number of carbonyl (C=O) groups is 1. The van der Waals surface area contributed by atoms with Crippen LogP contribution in [-0.4, -0.2) is 57.7 Å². The first-order chi connectivity index (χ1) is 14.2. The molecule has 29 heavy (non-hydrogen) atoms. The molecular weight excluding hydrogens is 370 g/mol. The van der Waals surface area contributed by atoms with Gasteiger partial charge in [0.2, 0.25) is 0 Å². The van der Waals surface area contributed by atoms with Crippen LogP contribution in [0.2, 0.25) is 0 Å². The molecule has 2 aromatic rings. The van der Waals surface area contributed by atoms with E-state index < -0.39 is 5.91 Å². The van der Waals surface area contributed by atoms with Crippen molar-refractivity contribution >= 4 is 11.6 Å². The Hall–Kier alpha value is -2.58. The second kappa shape index (κ2) is 7.68. The van der Waals surface area contributed by atoms with Crippen LogP contribution >= 0.6 is 0 Å². The third-order valence-corrected chi connectivity index (χ3v) is 6.38. The number of rotatable bonds is 3. The van der Waals surface area contributed by atoms with Crippen molar-refractivity contribution in [3.8, 4) is 0 Å². The summed E-state index contributed by atoms with van der Waals surface area (Å²) in [5.74, 6) is 0.410. The quantitative estimate of drug-likeness (QED) is 0.847. The number of fused-ring (bicyclic) bond motifs is 4. The number of hydrogen-bond acceptors (Lipinski definition) is 6. The van der Waals surface area contributed by atoms with Crippen molar-refractivity contribution < 1.29 is 9.53 Å². The lowest BCUT2D eigenvalue weighted by atomic mass is 9.82. The van der Waals surface area contributed by atoms with Crippen molar-refractivity contribution in [3.05, 3.63) is 52.5 Å². The van der Waals surface area contributed by atoms with Gasteiger partial charge in [-0.15, -0.1) is 0 Å². The van der Waals surface area contributed by atoms with E-state index in [2.05, 4.69) is 20.2 Å². The summed E-state index contributed by atoms with van der Waals surface area (Å²) in [6.07, 6.45) is 7.68. The van der Waals surface area contributed by atoms with Gasteiger partial charge in [0.1, 0.15) is 11.4 Å². The molecule has 0 aliphatic carbocycles. The predicted molar refractivity (Wildman–Crippen MR) is 107 cm³/mol. The number of nitrogens with zero attached hydrogens (tertiary/aromatic N) is 4. The molecule has 0 saturated carbocycles. The Kier molecular flexibility index (Phi) is 4.89. The van der Waals surface area contributed by atoms with Crippen LogP contribution in [-0.2, 0) is 11.3 Å². The van der Waals surface area contributed by atoms with Crippen LogP contribution < -0.4 is 10.9 Å². The molecule has 8 heteroatoms. The fourth-order valence-corrected chi connectivity index (χ4v) is 5.03. The number of carbonyl (C=O) groups excluding carboxylic acids is 1. The summed E-state index contributed by atoms with van der Waals surface area (Å²) in [5.41, 5.74) is 1.44. The van der Waals surface area contributed by atoms with Crippen molar-refractivity contribution in [3.63, 3.8) is 0 Å². The van der Waals surface area contributed by atoms with Gasteiger partial charge >= 0.3 is 0 Å². The maximum atomic E-state index is 13.1. The second-order valence-corrected chi connectivity index (χ2v) is 8.23. The molecule has 0 unspecified atom stereocenters. The van der Waals surface area contributed by atoms with Gasteiger partial charge in [0.15, 0.2) is 0 Å². The lowest BCUT2D eigenvalue weighted by Gasteiger charge is -2.46. The Balaban J connectivity index is 1.37. The first-order valence-corrected chi connectivity index (χ1v) is 10.3. The van der Waals surface area contributed by atoms with Crippen molar-refractivity contribution in [1.29, 1.82) is 0 Å². The molecule has 152 valence electrons. The number of hydrogen-bond donors (Lipinski definition) is 1. The molecule has 1 amide bonds. The van der Waals surface area contributed by atoms with Gasteiger partial charge in [-0.3, -0.25) is 19.5 Å². The molecule has 8 nitrogen and oxygen atoms in total. The van der Waals surface area contributed by atoms with E-state index >= 15 is 0 Å². The molecule has 3 aliphatic rings. The fraction of sp³-hybridized carbons (Fsp3) is 0.524. The van der Waals surface area contributed by atoms with Gasteiger partial charge in [0.25, 0.3) is 11.5 Å². The number of ether oxygens (including phenoxy) is 1. The Morgan fingerprint density at radius 2 is 2.00 bits per heavy atom. The number of piperidine rings is 1. The fourth-order valence-electron chi connectivity index (χ4n) is 5.03. The van der Waals surface area contributed by atoms with Gasteiger partial charge in [0.05, 0.1) is 6.20 Å². The van der Waals surface area contributed by atoms with E-state index in [-0.39, 0.29) is 11.3 Å². The Morgan fingerprint density at radius 1 is 1.14 bits per heavy atom. The summed E-state index contributed by atoms with van der Waals surface area (Å²) in [6.45, 7) is 4.43. The van der Waals surface area contributed by atoms with Gasteiger partial charge in [0, 0.05) is 62.9 Å². The van der Waals surface area contributed by atoms with E-state index in [0.29, 0.717) is 30.1 Å². The van der Waals surface area contributed by atoms with Gasteiger partial charge in [-0.1, -0.05) is 0 Å². The molecule has 2 saturated heterocycles. The molecule has 0 radical (unpaired) electrons. The van der Waals surface area contributed by atoms with E-state index in [4.69, 9.17) is 4.74 Å². The maximum Gasteiger partial charge on any atom is 0.276 e. The van der Waals surface area contributed by atoms with Crippen LogP contribution in [0.1, 0.15) is 41.4 Å². The first-order valence-electron chi connectivity index (χ1n) is 10.3. The third kappa shape index (κ3) is 3.58. The van der Waals surface area contributed by atoms with Gasteiger partial charge < -0.3 is 14.6 Å². The van der Waals surface area contributed by atoms with E-state index in [1.54, 1.807) is 6.07 Å². The molecular formula is C21H25N5O3. The van der Waals surface area contributed by atoms with Gasteiger partial charge in [-0.25, -0.2) is 4.98 Å². The number of likely N-dealkylation sites (tertiary alicyclic amines) is 1. The minimum absolute atomic E-state index is 0.131. The van der Waals surface area contributed by atoms with Crippen molar-refractivity contribution in [2.45, 2.75) is 37.8 Å². The van der Waals surface area contributed by atoms with Crippen molar-refractivity contribution in [1.82, 2.24) is 19.4 Å². The summed E-state index contributed by atoms with van der Waals surface area (Å²) >= 11 is 0. The molecule has 5 rings (SSSR count). The highest BCUT2D eigenvalue weighted by molar-refractivity contribution is 6.02. The number of nitrogens with one attached hydrogen (secondary N) is 1. The van der Waals surface area contributed by atoms with E-state index in [1.807, 2.05) is 10.6 Å². The lowest BCUT2D eigenvalue weighted by molar-refractivity contribution is 0.00589. The summed E-state index contributed by atoms with van der Waals surface area (Å²) in [7, 11) is 0. The van der Waals surface area contributed by atoms with Gasteiger partial charge in [-0.05, 0) is 37.3 Å². The number of amides is 1. The first kappa shape index (κ1) is 18.4. The Bertz CT molecular complexity index is 955. The Labute approximate surface area is 168 Å². The zero-order chi connectivity index (χ0) is 19.8. The van der Waals surface area contributed by atoms with Crippen LogP contribution in [0, 0.1) is 5.92 Å². The molecule has 1 N–H and O–H groups in total. The highest BCUT2D eigenvalue weighted by Gasteiger charge is 2.37. The van der Waals surface area contributed by atoms with Crippen LogP contribution in [0.5, 0.6) is 0 Å².